The lowest BCUT2D eigenvalue weighted by atomic mass is 9.98. The molecule has 0 spiro atoms. The molecule has 4 nitrogen and oxygen atoms in total. The summed E-state index contributed by atoms with van der Waals surface area (Å²) < 4.78 is 19.7. The van der Waals surface area contributed by atoms with E-state index in [-0.39, 0.29) is 11.9 Å². The number of piperidine rings is 1. The van der Waals surface area contributed by atoms with E-state index in [0.717, 1.165) is 56.8 Å². The molecule has 2 aliphatic rings. The van der Waals surface area contributed by atoms with Crippen molar-refractivity contribution in [2.24, 2.45) is 0 Å². The van der Waals surface area contributed by atoms with Crippen LogP contribution in [0.1, 0.15) is 48.8 Å². The number of ether oxygens (including phenoxy) is 1. The van der Waals surface area contributed by atoms with Crippen LogP contribution in [0, 0.1) is 5.82 Å². The van der Waals surface area contributed by atoms with Crippen molar-refractivity contribution >= 4 is 5.69 Å². The molecule has 2 aliphatic heterocycles. The number of nitrogens with zero attached hydrogens (tertiary/aromatic N) is 1. The molecule has 3 aromatic rings. The number of nitrogens with one attached hydrogen (secondary N) is 1. The zero-order valence-electron chi connectivity index (χ0n) is 20.3. The van der Waals surface area contributed by atoms with Crippen LogP contribution in [0.25, 0.3) is 0 Å². The highest BCUT2D eigenvalue weighted by Gasteiger charge is 2.25. The minimum absolute atomic E-state index is 0.222. The van der Waals surface area contributed by atoms with Gasteiger partial charge in [-0.05, 0) is 110 Å². The summed E-state index contributed by atoms with van der Waals surface area (Å²) in [5.74, 6) is 1.01. The van der Waals surface area contributed by atoms with Gasteiger partial charge in [-0.2, -0.15) is 0 Å². The summed E-state index contributed by atoms with van der Waals surface area (Å²) in [6, 6.07) is 21.8. The molecular formula is C30H35FN2O2. The molecule has 3 aromatic carbocycles. The fraction of sp³-hybridized carbons (Fsp3) is 0.400. The maximum absolute atomic E-state index is 13.6. The second kappa shape index (κ2) is 11.1. The standard InChI is InChI=1S/C30H35FN2O2/c31-25-8-11-27(12-9-25)33-21-24-7-13-29(34)20-23(24)6-10-28(33)19-22-4-14-30(15-5-22)35-18-16-26-3-1-2-17-32-26/h4-5,7-9,11-15,20,26,28,32,34H,1-3,6,10,16-19,21H2. The number of phenols is 1. The number of benzene rings is 3. The first kappa shape index (κ1) is 23.7. The number of halogens is 1. The SMILES string of the molecule is Oc1ccc2c(c1)CCC(Cc1ccc(OCCC3CCCCN3)cc1)N(c1ccc(F)cc1)C2. The highest BCUT2D eigenvalue weighted by molar-refractivity contribution is 5.51. The van der Waals surface area contributed by atoms with E-state index in [9.17, 15) is 9.50 Å². The summed E-state index contributed by atoms with van der Waals surface area (Å²) >= 11 is 0. The molecule has 0 aliphatic carbocycles. The predicted molar refractivity (Wildman–Crippen MR) is 139 cm³/mol. The van der Waals surface area contributed by atoms with Gasteiger partial charge < -0.3 is 20.1 Å². The molecule has 2 heterocycles. The van der Waals surface area contributed by atoms with Crippen molar-refractivity contribution in [3.8, 4) is 11.5 Å². The van der Waals surface area contributed by atoms with Crippen LogP contribution in [0.3, 0.4) is 0 Å². The van der Waals surface area contributed by atoms with E-state index < -0.39 is 0 Å². The fourth-order valence-corrected chi connectivity index (χ4v) is 5.42. The molecule has 184 valence electrons. The number of fused-ring (bicyclic) bond motifs is 1. The third-order valence-corrected chi connectivity index (χ3v) is 7.42. The molecule has 2 atom stereocenters. The van der Waals surface area contributed by atoms with Crippen LogP contribution in [0.5, 0.6) is 11.5 Å². The van der Waals surface area contributed by atoms with Crippen LogP contribution < -0.4 is 15.0 Å². The van der Waals surface area contributed by atoms with Crippen molar-refractivity contribution in [2.75, 3.05) is 18.1 Å². The molecule has 35 heavy (non-hydrogen) atoms. The maximum atomic E-state index is 13.6. The Kier molecular flexibility index (Phi) is 7.53. The van der Waals surface area contributed by atoms with Gasteiger partial charge in [-0.1, -0.05) is 24.6 Å². The lowest BCUT2D eigenvalue weighted by Gasteiger charge is -2.32. The number of phenolic OH excluding ortho intramolecular Hbond substituents is 1. The zero-order valence-corrected chi connectivity index (χ0v) is 20.3. The monoisotopic (exact) mass is 474 g/mol. The van der Waals surface area contributed by atoms with Crippen molar-refractivity contribution in [3.05, 3.63) is 89.2 Å². The minimum Gasteiger partial charge on any atom is -0.508 e. The largest absolute Gasteiger partial charge is 0.508 e. The Labute approximate surface area is 207 Å². The van der Waals surface area contributed by atoms with Crippen LogP contribution in [-0.2, 0) is 19.4 Å². The van der Waals surface area contributed by atoms with E-state index in [1.54, 1.807) is 6.07 Å². The summed E-state index contributed by atoms with van der Waals surface area (Å²) in [6.45, 7) is 2.60. The molecule has 1 fully saturated rings. The Bertz CT molecular complexity index is 1090. The third kappa shape index (κ3) is 6.15. The lowest BCUT2D eigenvalue weighted by molar-refractivity contribution is 0.268. The van der Waals surface area contributed by atoms with Gasteiger partial charge in [0.2, 0.25) is 0 Å². The Hall–Kier alpha value is -3.05. The van der Waals surface area contributed by atoms with Gasteiger partial charge in [0.1, 0.15) is 17.3 Å². The second-order valence-electron chi connectivity index (χ2n) is 9.88. The van der Waals surface area contributed by atoms with Gasteiger partial charge in [0.05, 0.1) is 6.61 Å². The quantitative estimate of drug-likeness (QED) is 0.440. The first-order valence-electron chi connectivity index (χ1n) is 12.9. The first-order chi connectivity index (χ1) is 17.1. The van der Waals surface area contributed by atoms with Crippen LogP contribution in [-0.4, -0.2) is 30.3 Å². The number of aryl methyl sites for hydroxylation is 1. The number of rotatable bonds is 7. The smallest absolute Gasteiger partial charge is 0.123 e. The minimum atomic E-state index is -0.222. The summed E-state index contributed by atoms with van der Waals surface area (Å²) in [5, 5.41) is 13.6. The molecule has 2 N–H and O–H groups in total. The van der Waals surface area contributed by atoms with Gasteiger partial charge in [-0.15, -0.1) is 0 Å². The second-order valence-corrected chi connectivity index (χ2v) is 9.88. The average Bonchev–Trinajstić information content (AvgIpc) is 3.05. The zero-order chi connectivity index (χ0) is 24.0. The molecule has 5 rings (SSSR count). The molecule has 0 bridgehead atoms. The van der Waals surface area contributed by atoms with Gasteiger partial charge in [0, 0.05) is 24.3 Å². The predicted octanol–water partition coefficient (Wildman–Crippen LogP) is 6.01. The van der Waals surface area contributed by atoms with Crippen molar-refractivity contribution in [1.82, 2.24) is 5.32 Å². The van der Waals surface area contributed by atoms with E-state index in [2.05, 4.69) is 34.5 Å². The van der Waals surface area contributed by atoms with Crippen molar-refractivity contribution < 1.29 is 14.2 Å². The molecule has 1 saturated heterocycles. The number of aromatic hydroxyl groups is 1. The number of hydrogen-bond acceptors (Lipinski definition) is 4. The summed E-state index contributed by atoms with van der Waals surface area (Å²) in [4.78, 5) is 2.38. The topological polar surface area (TPSA) is 44.7 Å². The average molecular weight is 475 g/mol. The van der Waals surface area contributed by atoms with E-state index >= 15 is 0 Å². The fourth-order valence-electron chi connectivity index (χ4n) is 5.42. The molecule has 0 aromatic heterocycles. The van der Waals surface area contributed by atoms with E-state index in [4.69, 9.17) is 4.74 Å². The molecule has 0 amide bonds. The Morgan fingerprint density at radius 3 is 2.54 bits per heavy atom. The van der Waals surface area contributed by atoms with Gasteiger partial charge in [-0.25, -0.2) is 4.39 Å². The summed E-state index contributed by atoms with van der Waals surface area (Å²) in [7, 11) is 0. The van der Waals surface area contributed by atoms with Gasteiger partial charge >= 0.3 is 0 Å². The molecular weight excluding hydrogens is 439 g/mol. The number of anilines is 1. The Balaban J connectivity index is 1.26. The van der Waals surface area contributed by atoms with Gasteiger partial charge in [0.15, 0.2) is 0 Å². The highest BCUT2D eigenvalue weighted by atomic mass is 19.1. The molecule has 0 radical (unpaired) electrons. The van der Waals surface area contributed by atoms with E-state index in [1.807, 2.05) is 24.3 Å². The molecule has 5 heteroatoms. The van der Waals surface area contributed by atoms with Crippen LogP contribution in [0.2, 0.25) is 0 Å². The van der Waals surface area contributed by atoms with Crippen LogP contribution in [0.15, 0.2) is 66.7 Å². The van der Waals surface area contributed by atoms with E-state index in [0.29, 0.717) is 11.8 Å². The highest BCUT2D eigenvalue weighted by Crippen LogP contribution is 2.31. The molecule has 0 saturated carbocycles. The number of hydrogen-bond donors (Lipinski definition) is 2. The van der Waals surface area contributed by atoms with Crippen LogP contribution in [0.4, 0.5) is 10.1 Å². The van der Waals surface area contributed by atoms with Gasteiger partial charge in [-0.3, -0.25) is 0 Å². The summed E-state index contributed by atoms with van der Waals surface area (Å²) in [6.07, 6.45) is 7.65. The third-order valence-electron chi connectivity index (χ3n) is 7.42. The Morgan fingerprint density at radius 2 is 1.77 bits per heavy atom. The summed E-state index contributed by atoms with van der Waals surface area (Å²) in [5.41, 5.74) is 4.69. The van der Waals surface area contributed by atoms with Crippen LogP contribution >= 0.6 is 0 Å². The lowest BCUT2D eigenvalue weighted by Crippen LogP contribution is -2.35. The normalized spacial score (nSPS) is 20.2. The van der Waals surface area contributed by atoms with Gasteiger partial charge in [0.25, 0.3) is 0 Å². The van der Waals surface area contributed by atoms with Crippen molar-refractivity contribution in [3.63, 3.8) is 0 Å². The van der Waals surface area contributed by atoms with E-state index in [1.165, 1.54) is 48.1 Å². The van der Waals surface area contributed by atoms with Crippen molar-refractivity contribution in [2.45, 2.75) is 63.6 Å². The first-order valence-corrected chi connectivity index (χ1v) is 12.9. The molecule has 2 unspecified atom stereocenters. The maximum Gasteiger partial charge on any atom is 0.123 e. The van der Waals surface area contributed by atoms with Crippen molar-refractivity contribution in [1.29, 1.82) is 0 Å². The Morgan fingerprint density at radius 1 is 0.943 bits per heavy atom.